The molecule has 1 fully saturated rings. The second-order valence-electron chi connectivity index (χ2n) is 10.1. The monoisotopic (exact) mass is 582 g/mol. The van der Waals surface area contributed by atoms with E-state index in [4.69, 9.17) is 14.6 Å². The van der Waals surface area contributed by atoms with Gasteiger partial charge in [0, 0.05) is 55.6 Å². The summed E-state index contributed by atoms with van der Waals surface area (Å²) in [5, 5.41) is 24.2. The molecule has 0 saturated carbocycles. The number of carboxylic acids is 1. The largest absolute Gasteiger partial charge is 0.489 e. The topological polar surface area (TPSA) is 180 Å². The van der Waals surface area contributed by atoms with Gasteiger partial charge in [0.15, 0.2) is 34.5 Å². The molecule has 0 radical (unpaired) electrons. The highest BCUT2D eigenvalue weighted by molar-refractivity contribution is 6.12. The minimum absolute atomic E-state index is 0.0518. The van der Waals surface area contributed by atoms with Crippen LogP contribution in [0.2, 0.25) is 0 Å². The van der Waals surface area contributed by atoms with Crippen molar-refractivity contribution in [1.82, 2.24) is 25.3 Å². The zero-order valence-corrected chi connectivity index (χ0v) is 22.8. The van der Waals surface area contributed by atoms with E-state index in [2.05, 4.69) is 30.6 Å². The fourth-order valence-electron chi connectivity index (χ4n) is 5.13. The van der Waals surface area contributed by atoms with E-state index < -0.39 is 17.7 Å². The summed E-state index contributed by atoms with van der Waals surface area (Å²) in [7, 11) is 0. The molecule has 1 saturated heterocycles. The molecular formula is C28H31FN6O7. The number of H-pyrrole nitrogens is 2. The smallest absolute Gasteiger partial charge is 0.357 e. The fraction of sp³-hybridized carbons (Fsp3) is 0.429. The molecule has 2 aromatic heterocycles. The number of fused-ring (bicyclic) bond motifs is 2. The van der Waals surface area contributed by atoms with E-state index in [-0.39, 0.29) is 40.0 Å². The van der Waals surface area contributed by atoms with Gasteiger partial charge in [-0.3, -0.25) is 29.5 Å². The van der Waals surface area contributed by atoms with E-state index in [0.717, 1.165) is 25.9 Å². The van der Waals surface area contributed by atoms with Crippen LogP contribution >= 0.6 is 0 Å². The van der Waals surface area contributed by atoms with Crippen LogP contribution in [0.15, 0.2) is 18.2 Å². The maximum atomic E-state index is 14.4. The van der Waals surface area contributed by atoms with E-state index >= 15 is 0 Å². The van der Waals surface area contributed by atoms with Crippen LogP contribution in [-0.4, -0.2) is 93.3 Å². The van der Waals surface area contributed by atoms with Gasteiger partial charge in [0.25, 0.3) is 5.91 Å². The lowest BCUT2D eigenvalue weighted by molar-refractivity contribution is 0.0320. The zero-order chi connectivity index (χ0) is 29.6. The first-order valence-electron chi connectivity index (χ1n) is 13.8. The molecule has 13 nitrogen and oxygen atoms in total. The third kappa shape index (κ3) is 6.55. The van der Waals surface area contributed by atoms with Crippen molar-refractivity contribution in [2.24, 2.45) is 0 Å². The Bertz CT molecular complexity index is 1490. The number of nitrogens with zero attached hydrogens (tertiary/aromatic N) is 3. The van der Waals surface area contributed by atoms with Crippen LogP contribution in [0.3, 0.4) is 0 Å². The number of morpholine rings is 1. The summed E-state index contributed by atoms with van der Waals surface area (Å²) in [4.78, 5) is 48.8. The van der Waals surface area contributed by atoms with Gasteiger partial charge < -0.3 is 19.9 Å². The van der Waals surface area contributed by atoms with Gasteiger partial charge in [-0.25, -0.2) is 9.18 Å². The van der Waals surface area contributed by atoms with Crippen LogP contribution in [0.1, 0.15) is 78.8 Å². The number of carbonyl (C=O) groups excluding carboxylic acids is 3. The van der Waals surface area contributed by atoms with E-state index in [1.54, 1.807) is 6.07 Å². The van der Waals surface area contributed by atoms with Crippen molar-refractivity contribution in [2.75, 3.05) is 44.8 Å². The van der Waals surface area contributed by atoms with E-state index in [0.29, 0.717) is 69.0 Å². The third-order valence-electron chi connectivity index (χ3n) is 7.28. The standard InChI is InChI=1S/C20H23FN4O4.C8H8N2O3/c21-14-12-13(4-5-17(14)29-11-8-25-6-9-28-10-7-25)22-20(27)19-18-15(23-24-19)2-1-3-16(18)26;11-5-3-1-2-4-6(5)7(8(12)13)10-9-4/h4-5,12H,1-3,6-11H2,(H,22,27)(H,23,24);1-3H2,(H,9,10)(H,12,13). The number of aryl methyl sites for hydroxylation is 2. The van der Waals surface area contributed by atoms with Crippen molar-refractivity contribution in [3.05, 3.63) is 57.9 Å². The van der Waals surface area contributed by atoms with Crippen molar-refractivity contribution < 1.29 is 38.1 Å². The van der Waals surface area contributed by atoms with Crippen LogP contribution in [0, 0.1) is 5.82 Å². The molecule has 1 aliphatic heterocycles. The lowest BCUT2D eigenvalue weighted by Gasteiger charge is -2.26. The molecule has 0 atom stereocenters. The first-order chi connectivity index (χ1) is 20.3. The van der Waals surface area contributed by atoms with Gasteiger partial charge in [-0.05, 0) is 37.8 Å². The number of hydrogen-bond acceptors (Lipinski definition) is 9. The highest BCUT2D eigenvalue weighted by Gasteiger charge is 2.28. The first kappa shape index (κ1) is 29.1. The number of hydrogen-bond donors (Lipinski definition) is 4. The molecule has 2 aliphatic carbocycles. The van der Waals surface area contributed by atoms with E-state index in [9.17, 15) is 23.6 Å². The summed E-state index contributed by atoms with van der Waals surface area (Å²) in [6, 6.07) is 4.24. The number of aromatic carboxylic acids is 1. The molecule has 1 aromatic carbocycles. The number of ether oxygens (including phenoxy) is 2. The number of nitrogens with one attached hydrogen (secondary N) is 3. The van der Waals surface area contributed by atoms with Crippen molar-refractivity contribution in [3.8, 4) is 5.75 Å². The van der Waals surface area contributed by atoms with Crippen molar-refractivity contribution in [2.45, 2.75) is 38.5 Å². The molecule has 3 aliphatic rings. The summed E-state index contributed by atoms with van der Waals surface area (Å²) in [5.41, 5.74) is 2.15. The molecule has 14 heteroatoms. The summed E-state index contributed by atoms with van der Waals surface area (Å²) in [6.07, 6.45) is 3.74. The maximum absolute atomic E-state index is 14.4. The Hall–Kier alpha value is -4.43. The Labute approximate surface area is 239 Å². The lowest BCUT2D eigenvalue weighted by atomic mass is 9.94. The molecule has 1 amide bonds. The number of ketones is 2. The number of carbonyl (C=O) groups is 4. The Morgan fingerprint density at radius 3 is 2.21 bits per heavy atom. The first-order valence-corrected chi connectivity index (χ1v) is 13.8. The molecule has 6 rings (SSSR count). The van der Waals surface area contributed by atoms with Crippen LogP contribution in [0.5, 0.6) is 5.75 Å². The summed E-state index contributed by atoms with van der Waals surface area (Å²) in [6.45, 7) is 4.15. The van der Waals surface area contributed by atoms with Crippen molar-refractivity contribution >= 4 is 29.1 Å². The second-order valence-corrected chi connectivity index (χ2v) is 10.1. The van der Waals surface area contributed by atoms with Gasteiger partial charge in [0.2, 0.25) is 0 Å². The van der Waals surface area contributed by atoms with Crippen molar-refractivity contribution in [1.29, 1.82) is 0 Å². The van der Waals surface area contributed by atoms with Crippen LogP contribution < -0.4 is 10.1 Å². The van der Waals surface area contributed by atoms with Gasteiger partial charge in [-0.1, -0.05) is 0 Å². The molecule has 3 heterocycles. The number of anilines is 1. The van der Waals surface area contributed by atoms with Crippen LogP contribution in [0.25, 0.3) is 0 Å². The normalized spacial score (nSPS) is 16.6. The predicted octanol–water partition coefficient (Wildman–Crippen LogP) is 2.66. The summed E-state index contributed by atoms with van der Waals surface area (Å²) < 4.78 is 25.2. The number of halogens is 1. The van der Waals surface area contributed by atoms with Crippen LogP contribution in [0.4, 0.5) is 10.1 Å². The average Bonchev–Trinajstić information content (AvgIpc) is 3.62. The Morgan fingerprint density at radius 2 is 1.60 bits per heavy atom. The van der Waals surface area contributed by atoms with E-state index in [1.807, 2.05) is 0 Å². The number of carboxylic acid groups (broad SMARTS) is 1. The fourth-order valence-corrected chi connectivity index (χ4v) is 5.13. The average molecular weight is 583 g/mol. The third-order valence-corrected chi connectivity index (χ3v) is 7.28. The number of aromatic amines is 2. The van der Waals surface area contributed by atoms with Gasteiger partial charge in [-0.15, -0.1) is 0 Å². The summed E-state index contributed by atoms with van der Waals surface area (Å²) >= 11 is 0. The van der Waals surface area contributed by atoms with E-state index in [1.165, 1.54) is 12.1 Å². The molecule has 0 unspecified atom stereocenters. The molecule has 42 heavy (non-hydrogen) atoms. The lowest BCUT2D eigenvalue weighted by Crippen LogP contribution is -2.38. The SMILES string of the molecule is O=C(Nc1ccc(OCCN2CCOCC2)c(F)c1)c1n[nH]c2c1C(=O)CCC2.O=C(O)c1n[nH]c2c1C(=O)CCC2. The second kappa shape index (κ2) is 13.0. The van der Waals surface area contributed by atoms with Gasteiger partial charge >= 0.3 is 5.97 Å². The van der Waals surface area contributed by atoms with Gasteiger partial charge in [0.05, 0.1) is 24.3 Å². The van der Waals surface area contributed by atoms with Crippen molar-refractivity contribution in [3.63, 3.8) is 0 Å². The molecule has 4 N–H and O–H groups in total. The summed E-state index contributed by atoms with van der Waals surface area (Å²) in [5.74, 6) is -2.34. The molecule has 0 bridgehead atoms. The molecular weight excluding hydrogens is 551 g/mol. The number of amides is 1. The predicted molar refractivity (Wildman–Crippen MR) is 146 cm³/mol. The number of aromatic nitrogens is 4. The number of benzene rings is 1. The minimum atomic E-state index is -1.15. The van der Waals surface area contributed by atoms with Gasteiger partial charge in [0.1, 0.15) is 6.61 Å². The molecule has 222 valence electrons. The highest BCUT2D eigenvalue weighted by atomic mass is 19.1. The highest BCUT2D eigenvalue weighted by Crippen LogP contribution is 2.25. The van der Waals surface area contributed by atoms with Gasteiger partial charge in [-0.2, -0.15) is 10.2 Å². The maximum Gasteiger partial charge on any atom is 0.357 e. The Morgan fingerprint density at radius 1 is 0.976 bits per heavy atom. The molecule has 3 aromatic rings. The quantitative estimate of drug-likeness (QED) is 0.323. The number of Topliss-reactive ketones (excluding diaryl/α,β-unsaturated/α-hetero) is 2. The molecule has 0 spiro atoms. The Balaban J connectivity index is 0.000000226. The Kier molecular flexibility index (Phi) is 9.03. The minimum Gasteiger partial charge on any atom is -0.489 e. The van der Waals surface area contributed by atoms with Crippen LogP contribution in [-0.2, 0) is 17.6 Å². The zero-order valence-electron chi connectivity index (χ0n) is 22.8. The number of rotatable bonds is 7.